The van der Waals surface area contributed by atoms with Crippen LogP contribution in [0.1, 0.15) is 13.3 Å². The predicted molar refractivity (Wildman–Crippen MR) is 45.3 cm³/mol. The lowest BCUT2D eigenvalue weighted by molar-refractivity contribution is -0.133. The molecular weight excluding hydrogens is 203 g/mol. The van der Waals surface area contributed by atoms with E-state index in [1.807, 2.05) is 0 Å². The Morgan fingerprint density at radius 2 is 2.08 bits per heavy atom. The zero-order valence-corrected chi connectivity index (χ0v) is 7.72. The van der Waals surface area contributed by atoms with Crippen molar-refractivity contribution < 1.29 is 14.7 Å². The average molecular weight is 209 g/mol. The van der Waals surface area contributed by atoms with Crippen LogP contribution in [0.5, 0.6) is 0 Å². The number of hydrogen-bond donors (Lipinski definition) is 1. The van der Waals surface area contributed by atoms with Crippen molar-refractivity contribution in [2.45, 2.75) is 13.3 Å². The van der Waals surface area contributed by atoms with Gasteiger partial charge in [0, 0.05) is 5.03 Å². The molecule has 0 heterocycles. The van der Waals surface area contributed by atoms with Crippen molar-refractivity contribution >= 4 is 34.9 Å². The lowest BCUT2D eigenvalue weighted by atomic mass is 10.3. The van der Waals surface area contributed by atoms with Gasteiger partial charge in [-0.25, -0.2) is 4.79 Å². The zero-order valence-electron chi connectivity index (χ0n) is 6.21. The molecule has 0 aliphatic carbocycles. The molecule has 0 aromatic rings. The van der Waals surface area contributed by atoms with Crippen LogP contribution in [0.4, 0.5) is 0 Å². The van der Waals surface area contributed by atoms with Gasteiger partial charge in [0.25, 0.3) is 0 Å². The Morgan fingerprint density at radius 3 is 2.33 bits per heavy atom. The van der Waals surface area contributed by atoms with E-state index in [4.69, 9.17) is 33.8 Å². The summed E-state index contributed by atoms with van der Waals surface area (Å²) in [6.45, 7) is 1.70. The third-order valence-electron chi connectivity index (χ3n) is 1.06. The van der Waals surface area contributed by atoms with Crippen LogP contribution in [0.2, 0.25) is 0 Å². The fourth-order valence-corrected chi connectivity index (χ4v) is 0.806. The molecule has 1 N–H and O–H groups in total. The minimum Gasteiger partial charge on any atom is -0.472 e. The van der Waals surface area contributed by atoms with Crippen molar-refractivity contribution in [3.63, 3.8) is 0 Å². The maximum absolute atomic E-state index is 10.3. The second kappa shape index (κ2) is 4.93. The first kappa shape index (κ1) is 11.2. The zero-order chi connectivity index (χ0) is 9.72. The monoisotopic (exact) mass is 208 g/mol. The summed E-state index contributed by atoms with van der Waals surface area (Å²) in [7, 11) is 0. The third-order valence-corrected chi connectivity index (χ3v) is 2.02. The molecule has 0 aliphatic rings. The number of nitrogens with zero attached hydrogens (tertiary/aromatic N) is 2. The van der Waals surface area contributed by atoms with Gasteiger partial charge in [0.05, 0.1) is 0 Å². The van der Waals surface area contributed by atoms with Crippen molar-refractivity contribution in [1.29, 1.82) is 0 Å². The van der Waals surface area contributed by atoms with E-state index in [-0.39, 0.29) is 10.1 Å². The van der Waals surface area contributed by atoms with E-state index >= 15 is 0 Å². The molecule has 0 aliphatic heterocycles. The molecule has 0 unspecified atom stereocenters. The molecular formula is C6H6Cl2N2O2. The minimum absolute atomic E-state index is 0.145. The van der Waals surface area contributed by atoms with E-state index in [2.05, 4.69) is 4.79 Å². The largest absolute Gasteiger partial charge is 0.472 e. The van der Waals surface area contributed by atoms with Crippen LogP contribution in [-0.4, -0.2) is 21.6 Å². The first-order valence-electron chi connectivity index (χ1n) is 3.04. The van der Waals surface area contributed by atoms with Gasteiger partial charge in [-0.05, 0) is 6.42 Å². The average Bonchev–Trinajstić information content (AvgIpc) is 2.03. The van der Waals surface area contributed by atoms with Crippen LogP contribution in [0, 0.1) is 0 Å². The van der Waals surface area contributed by atoms with E-state index in [9.17, 15) is 4.79 Å². The first-order valence-corrected chi connectivity index (χ1v) is 3.80. The summed E-state index contributed by atoms with van der Waals surface area (Å²) >= 11 is 11.0. The van der Waals surface area contributed by atoms with Crippen LogP contribution in [0.15, 0.2) is 10.1 Å². The van der Waals surface area contributed by atoms with E-state index < -0.39 is 11.7 Å². The lowest BCUT2D eigenvalue weighted by Crippen LogP contribution is -2.14. The number of allylic oxidation sites excluding steroid dienone is 1. The molecule has 0 aromatic heterocycles. The van der Waals surface area contributed by atoms with Crippen LogP contribution in [0.3, 0.4) is 0 Å². The Kier molecular flexibility index (Phi) is 4.59. The summed E-state index contributed by atoms with van der Waals surface area (Å²) in [5.41, 5.74) is 7.59. The first-order chi connectivity index (χ1) is 5.54. The molecule has 12 heavy (non-hydrogen) atoms. The fourth-order valence-electron chi connectivity index (χ4n) is 0.464. The van der Waals surface area contributed by atoms with Crippen LogP contribution in [0.25, 0.3) is 5.53 Å². The van der Waals surface area contributed by atoms with Gasteiger partial charge in [-0.3, -0.25) is 0 Å². The molecule has 0 atom stereocenters. The van der Waals surface area contributed by atoms with Gasteiger partial charge < -0.3 is 10.6 Å². The van der Waals surface area contributed by atoms with E-state index in [0.717, 1.165) is 0 Å². The minimum atomic E-state index is -1.42. The molecule has 66 valence electrons. The van der Waals surface area contributed by atoms with Crippen molar-refractivity contribution in [2.75, 3.05) is 0 Å². The number of carboxylic acids is 1. The highest BCUT2D eigenvalue weighted by Crippen LogP contribution is 2.17. The molecule has 4 nitrogen and oxygen atoms in total. The number of aliphatic carboxylic acids is 1. The molecule has 0 rings (SSSR count). The Labute approximate surface area is 79.0 Å². The van der Waals surface area contributed by atoms with Gasteiger partial charge in [0.15, 0.2) is 5.03 Å². The molecule has 0 saturated carbocycles. The van der Waals surface area contributed by atoms with Gasteiger partial charge >= 0.3 is 11.7 Å². The SMILES string of the molecule is CCC(Cl)=C(Cl)C(=[N+]=[N-])C(=O)O. The number of rotatable bonds is 3. The summed E-state index contributed by atoms with van der Waals surface area (Å²) in [4.78, 5) is 12.8. The number of halogens is 2. The molecule has 0 aromatic carbocycles. The summed E-state index contributed by atoms with van der Waals surface area (Å²) in [6, 6.07) is 0. The molecule has 0 saturated heterocycles. The smallest absolute Gasteiger partial charge is 0.420 e. The van der Waals surface area contributed by atoms with Crippen molar-refractivity contribution in [3.8, 4) is 0 Å². The highest BCUT2D eigenvalue weighted by Gasteiger charge is 2.25. The Hall–Kier alpha value is -0.830. The maximum atomic E-state index is 10.3. The Morgan fingerprint density at radius 1 is 1.58 bits per heavy atom. The molecule has 0 fully saturated rings. The van der Waals surface area contributed by atoms with Crippen LogP contribution < -0.4 is 0 Å². The summed E-state index contributed by atoms with van der Waals surface area (Å²) in [5, 5.41) is 8.32. The highest BCUT2D eigenvalue weighted by atomic mass is 35.5. The topological polar surface area (TPSA) is 73.7 Å². The second-order valence-electron chi connectivity index (χ2n) is 1.83. The van der Waals surface area contributed by atoms with Crippen molar-refractivity contribution in [2.24, 2.45) is 0 Å². The molecule has 0 spiro atoms. The van der Waals surface area contributed by atoms with Crippen LogP contribution in [-0.2, 0) is 4.79 Å². The van der Waals surface area contributed by atoms with E-state index in [0.29, 0.717) is 6.42 Å². The Bertz CT molecular complexity index is 279. The number of carboxylic acid groups (broad SMARTS) is 1. The molecule has 0 amide bonds. The highest BCUT2D eigenvalue weighted by molar-refractivity contribution is 6.59. The van der Waals surface area contributed by atoms with Crippen molar-refractivity contribution in [3.05, 3.63) is 15.6 Å². The lowest BCUT2D eigenvalue weighted by Gasteiger charge is -1.92. The molecule has 0 bridgehead atoms. The van der Waals surface area contributed by atoms with E-state index in [1.54, 1.807) is 6.92 Å². The second-order valence-corrected chi connectivity index (χ2v) is 2.66. The van der Waals surface area contributed by atoms with Crippen LogP contribution >= 0.6 is 23.2 Å². The Balaban J connectivity index is 5.04. The van der Waals surface area contributed by atoms with Gasteiger partial charge in [-0.2, -0.15) is 4.79 Å². The molecule has 0 radical (unpaired) electrons. The van der Waals surface area contributed by atoms with Gasteiger partial charge in [-0.15, -0.1) is 0 Å². The fraction of sp³-hybridized carbons (Fsp3) is 0.333. The quantitative estimate of drug-likeness (QED) is 0.437. The predicted octanol–water partition coefficient (Wildman–Crippen LogP) is 1.84. The maximum Gasteiger partial charge on any atom is 0.420 e. The van der Waals surface area contributed by atoms with Gasteiger partial charge in [-0.1, -0.05) is 30.1 Å². The summed E-state index contributed by atoms with van der Waals surface area (Å²) in [6.07, 6.45) is 0.382. The van der Waals surface area contributed by atoms with Gasteiger partial charge in [0.1, 0.15) is 0 Å². The van der Waals surface area contributed by atoms with Crippen molar-refractivity contribution in [1.82, 2.24) is 0 Å². The number of carbonyl (C=O) groups is 1. The van der Waals surface area contributed by atoms with E-state index in [1.165, 1.54) is 0 Å². The summed E-state index contributed by atoms with van der Waals surface area (Å²) in [5.74, 6) is -1.42. The third kappa shape index (κ3) is 2.66. The van der Waals surface area contributed by atoms with Gasteiger partial charge in [0.2, 0.25) is 0 Å². The molecule has 6 heteroatoms. The standard InChI is InChI=1S/C6H6Cl2N2O2/c1-2-3(7)4(8)5(10-9)6(11)12/h2H2,1H3,(H,11,12). The normalized spacial score (nSPS) is 11.6. The number of hydrogen-bond acceptors (Lipinski definition) is 1. The summed E-state index contributed by atoms with van der Waals surface area (Å²) < 4.78 is 0.